The number of hydrogen-bond acceptors (Lipinski definition) is 9. The molecule has 2 aromatic heterocycles. The second kappa shape index (κ2) is 10.3. The Morgan fingerprint density at radius 1 is 1.33 bits per heavy atom. The Bertz CT molecular complexity index is 1160. The Labute approximate surface area is 191 Å². The van der Waals surface area contributed by atoms with E-state index in [9.17, 15) is 4.79 Å². The van der Waals surface area contributed by atoms with Gasteiger partial charge in [0.05, 0.1) is 11.8 Å². The minimum absolute atomic E-state index is 0.00352. The van der Waals surface area contributed by atoms with Gasteiger partial charge in [0.1, 0.15) is 12.4 Å². The molecule has 11 heteroatoms. The van der Waals surface area contributed by atoms with Gasteiger partial charge in [0.2, 0.25) is 11.7 Å². The molecule has 0 atom stereocenters. The fourth-order valence-electron chi connectivity index (χ4n) is 2.81. The van der Waals surface area contributed by atoms with Gasteiger partial charge in [0.25, 0.3) is 5.89 Å². The van der Waals surface area contributed by atoms with Crippen LogP contribution < -0.4 is 17.2 Å². The van der Waals surface area contributed by atoms with Gasteiger partial charge in [-0.2, -0.15) is 10.1 Å². The summed E-state index contributed by atoms with van der Waals surface area (Å²) in [7, 11) is 1.81. The minimum Gasteiger partial charge on any atom is -0.404 e. The maximum atomic E-state index is 12.3. The summed E-state index contributed by atoms with van der Waals surface area (Å²) in [4.78, 5) is 22.3. The van der Waals surface area contributed by atoms with Crippen molar-refractivity contribution in [1.29, 1.82) is 0 Å². The van der Waals surface area contributed by atoms with Crippen molar-refractivity contribution in [3.8, 4) is 11.5 Å². The molecule has 3 rings (SSSR count). The van der Waals surface area contributed by atoms with Gasteiger partial charge in [0, 0.05) is 49.0 Å². The molecule has 0 bridgehead atoms. The number of carbonyl (C=O) groups is 1. The highest BCUT2D eigenvalue weighted by Gasteiger charge is 2.29. The van der Waals surface area contributed by atoms with Crippen LogP contribution >= 0.6 is 0 Å². The van der Waals surface area contributed by atoms with Crippen LogP contribution in [0.2, 0.25) is 0 Å². The summed E-state index contributed by atoms with van der Waals surface area (Å²) < 4.78 is 6.89. The summed E-state index contributed by atoms with van der Waals surface area (Å²) in [5.41, 5.74) is 19.0. The number of amides is 1. The summed E-state index contributed by atoms with van der Waals surface area (Å²) in [6.45, 7) is 7.58. The van der Waals surface area contributed by atoms with Crippen LogP contribution in [0.25, 0.3) is 17.0 Å². The number of allylic oxidation sites excluding steroid dienone is 5. The first kappa shape index (κ1) is 23.3. The average Bonchev–Trinajstić information content (AvgIpc) is 3.34. The van der Waals surface area contributed by atoms with E-state index in [1.807, 2.05) is 7.05 Å². The zero-order chi connectivity index (χ0) is 24.0. The molecule has 6 N–H and O–H groups in total. The molecule has 11 nitrogen and oxygen atoms in total. The molecule has 2 heterocycles. The lowest BCUT2D eigenvalue weighted by atomic mass is 10.1. The molecule has 2 aromatic rings. The van der Waals surface area contributed by atoms with Crippen LogP contribution in [0.3, 0.4) is 0 Å². The monoisotopic (exact) mass is 449 g/mol. The van der Waals surface area contributed by atoms with Crippen LogP contribution in [0.5, 0.6) is 0 Å². The number of hydrogen-bond donors (Lipinski definition) is 3. The van der Waals surface area contributed by atoms with Crippen LogP contribution in [0.4, 0.5) is 0 Å². The number of aliphatic imine (C=N–C) groups is 1. The Kier molecular flexibility index (Phi) is 7.24. The Morgan fingerprint density at radius 3 is 2.73 bits per heavy atom. The van der Waals surface area contributed by atoms with E-state index >= 15 is 0 Å². The summed E-state index contributed by atoms with van der Waals surface area (Å²) >= 11 is 0. The average molecular weight is 450 g/mol. The molecule has 1 saturated carbocycles. The Hall–Kier alpha value is -4.41. The maximum absolute atomic E-state index is 12.3. The first-order valence-corrected chi connectivity index (χ1v) is 10.1. The molecule has 172 valence electrons. The molecule has 1 fully saturated rings. The van der Waals surface area contributed by atoms with Crippen LogP contribution in [0, 0.1) is 0 Å². The van der Waals surface area contributed by atoms with Crippen molar-refractivity contribution < 1.29 is 9.32 Å². The highest BCUT2D eigenvalue weighted by atomic mass is 16.5. The van der Waals surface area contributed by atoms with Gasteiger partial charge in [-0.3, -0.25) is 9.48 Å². The van der Waals surface area contributed by atoms with Gasteiger partial charge < -0.3 is 26.6 Å². The van der Waals surface area contributed by atoms with E-state index < -0.39 is 0 Å². The van der Waals surface area contributed by atoms with Crippen molar-refractivity contribution in [1.82, 2.24) is 24.8 Å². The molecule has 0 aliphatic heterocycles. The number of aromatic nitrogens is 4. The second-order valence-electron chi connectivity index (χ2n) is 7.44. The molecular weight excluding hydrogens is 422 g/mol. The smallest absolute Gasteiger partial charge is 0.261 e. The molecule has 0 spiro atoms. The predicted molar refractivity (Wildman–Crippen MR) is 126 cm³/mol. The lowest BCUT2D eigenvalue weighted by molar-refractivity contribution is -0.131. The van der Waals surface area contributed by atoms with E-state index in [2.05, 4.69) is 33.4 Å². The molecular formula is C22H27N9O2. The van der Waals surface area contributed by atoms with E-state index in [4.69, 9.17) is 21.7 Å². The summed E-state index contributed by atoms with van der Waals surface area (Å²) in [5.74, 6) is 0.678. The third-order valence-corrected chi connectivity index (χ3v) is 4.91. The molecule has 33 heavy (non-hydrogen) atoms. The van der Waals surface area contributed by atoms with Crippen molar-refractivity contribution in [3.05, 3.63) is 72.9 Å². The fourth-order valence-corrected chi connectivity index (χ4v) is 2.81. The normalized spacial score (nSPS) is 14.8. The zero-order valence-electron chi connectivity index (χ0n) is 18.4. The van der Waals surface area contributed by atoms with Crippen LogP contribution in [0.15, 0.2) is 76.6 Å². The molecule has 0 radical (unpaired) electrons. The van der Waals surface area contributed by atoms with Gasteiger partial charge in [-0.25, -0.2) is 4.99 Å². The zero-order valence-corrected chi connectivity index (χ0v) is 18.4. The van der Waals surface area contributed by atoms with E-state index in [1.54, 1.807) is 34.1 Å². The summed E-state index contributed by atoms with van der Waals surface area (Å²) in [6, 6.07) is 0.348. The molecule has 0 aromatic carbocycles. The summed E-state index contributed by atoms with van der Waals surface area (Å²) in [5, 5.41) is 8.19. The highest BCUT2D eigenvalue weighted by molar-refractivity contribution is 5.86. The van der Waals surface area contributed by atoms with Crippen LogP contribution in [-0.2, 0) is 11.3 Å². The minimum atomic E-state index is 0.00352. The first-order chi connectivity index (χ1) is 15.8. The lowest BCUT2D eigenvalue weighted by Gasteiger charge is -2.15. The number of likely N-dealkylation sites (N-methyl/N-ethyl adjacent to an activating group) is 1. The highest BCUT2D eigenvalue weighted by Crippen LogP contribution is 2.25. The van der Waals surface area contributed by atoms with Gasteiger partial charge in [-0.1, -0.05) is 24.4 Å². The Morgan fingerprint density at radius 2 is 2.09 bits per heavy atom. The quantitative estimate of drug-likeness (QED) is 0.360. The predicted octanol–water partition coefficient (Wildman–Crippen LogP) is 1.31. The van der Waals surface area contributed by atoms with Crippen molar-refractivity contribution in [2.75, 3.05) is 7.05 Å². The molecule has 1 amide bonds. The fraction of sp³-hybridized carbons (Fsp3) is 0.227. The van der Waals surface area contributed by atoms with Gasteiger partial charge in [0.15, 0.2) is 0 Å². The third-order valence-electron chi connectivity index (χ3n) is 4.91. The van der Waals surface area contributed by atoms with Crippen molar-refractivity contribution in [2.24, 2.45) is 22.2 Å². The van der Waals surface area contributed by atoms with Crippen LogP contribution in [0.1, 0.15) is 18.7 Å². The largest absolute Gasteiger partial charge is 0.404 e. The third kappa shape index (κ3) is 6.06. The molecule has 1 aliphatic rings. The SMILES string of the molecule is C=C(N)N=C/C(=C\N)C(=C)/C=C\C(=C/N)c1noc(-c2cnn(CC(=O)N(C)C3CC3)c2)n1. The van der Waals surface area contributed by atoms with Crippen molar-refractivity contribution in [2.45, 2.75) is 25.4 Å². The first-order valence-electron chi connectivity index (χ1n) is 10.1. The van der Waals surface area contributed by atoms with E-state index in [1.165, 1.54) is 18.6 Å². The lowest BCUT2D eigenvalue weighted by Crippen LogP contribution is -2.32. The van der Waals surface area contributed by atoms with E-state index in [0.29, 0.717) is 28.3 Å². The van der Waals surface area contributed by atoms with Crippen molar-refractivity contribution >= 4 is 17.7 Å². The van der Waals surface area contributed by atoms with Crippen LogP contribution in [-0.4, -0.2) is 50.0 Å². The molecule has 0 saturated heterocycles. The second-order valence-corrected chi connectivity index (χ2v) is 7.44. The van der Waals surface area contributed by atoms with Gasteiger partial charge in [-0.15, -0.1) is 0 Å². The van der Waals surface area contributed by atoms with E-state index in [0.717, 1.165) is 12.8 Å². The van der Waals surface area contributed by atoms with Crippen molar-refractivity contribution in [3.63, 3.8) is 0 Å². The molecule has 1 aliphatic carbocycles. The number of rotatable bonds is 10. The standard InChI is InChI=1S/C22H27N9O2/c1-14(17(9-24)10-26-15(2)25)4-5-16(8-23)21-28-22(33-29-21)18-11-27-31(12-18)13-20(32)30(3)19-6-7-19/h4-5,8-12,19H,1-2,6-7,13,23-25H2,3H3/b5-4-,16-8+,17-9+,26-10?. The number of nitrogens with zero attached hydrogens (tertiary/aromatic N) is 6. The molecule has 0 unspecified atom stereocenters. The number of nitrogens with two attached hydrogens (primary N) is 3. The maximum Gasteiger partial charge on any atom is 0.261 e. The topological polar surface area (TPSA) is 167 Å². The van der Waals surface area contributed by atoms with E-state index in [-0.39, 0.29) is 30.0 Å². The Balaban J connectivity index is 1.67. The van der Waals surface area contributed by atoms with Gasteiger partial charge in [-0.05, 0) is 24.5 Å². The summed E-state index contributed by atoms with van der Waals surface area (Å²) in [6.07, 6.45) is 12.8. The van der Waals surface area contributed by atoms with Gasteiger partial charge >= 0.3 is 0 Å². The number of carbonyl (C=O) groups excluding carboxylic acids is 1.